The third-order valence-corrected chi connectivity index (χ3v) is 3.07. The molecule has 0 aliphatic rings. The SMILES string of the molecule is C=CC(Cl)=N/C=C/n1c(=S)[nH]nc(-c2ccccc2)c1=O. The van der Waals surface area contributed by atoms with Crippen LogP contribution in [0.15, 0.2) is 59.0 Å². The van der Waals surface area contributed by atoms with Crippen LogP contribution in [0.4, 0.5) is 0 Å². The number of allylic oxidation sites excluding steroid dienone is 1. The first-order valence-electron chi connectivity index (χ1n) is 5.92. The fourth-order valence-electron chi connectivity index (χ4n) is 1.56. The second-order valence-corrected chi connectivity index (χ2v) is 4.65. The molecule has 0 bridgehead atoms. The van der Waals surface area contributed by atoms with Crippen LogP contribution in [-0.2, 0) is 0 Å². The fourth-order valence-corrected chi connectivity index (χ4v) is 1.80. The van der Waals surface area contributed by atoms with E-state index in [1.807, 2.05) is 18.2 Å². The van der Waals surface area contributed by atoms with Gasteiger partial charge in [0.05, 0.1) is 0 Å². The zero-order valence-corrected chi connectivity index (χ0v) is 12.4. The van der Waals surface area contributed by atoms with Crippen LogP contribution in [0.3, 0.4) is 0 Å². The summed E-state index contributed by atoms with van der Waals surface area (Å²) in [6, 6.07) is 9.10. The number of halogens is 1. The van der Waals surface area contributed by atoms with E-state index >= 15 is 0 Å². The van der Waals surface area contributed by atoms with Gasteiger partial charge in [0, 0.05) is 18.0 Å². The summed E-state index contributed by atoms with van der Waals surface area (Å²) in [4.78, 5) is 16.3. The summed E-state index contributed by atoms with van der Waals surface area (Å²) in [7, 11) is 0. The highest BCUT2D eigenvalue weighted by molar-refractivity contribution is 7.71. The summed E-state index contributed by atoms with van der Waals surface area (Å²) >= 11 is 10.7. The molecule has 0 atom stereocenters. The number of benzene rings is 1. The molecule has 1 N–H and O–H groups in total. The van der Waals surface area contributed by atoms with Crippen LogP contribution in [0.25, 0.3) is 17.5 Å². The molecule has 106 valence electrons. The molecule has 1 heterocycles. The van der Waals surface area contributed by atoms with Crippen molar-refractivity contribution < 1.29 is 0 Å². The topological polar surface area (TPSA) is 63.0 Å². The maximum Gasteiger partial charge on any atom is 0.285 e. The number of aromatic amines is 1. The van der Waals surface area contributed by atoms with Crippen molar-refractivity contribution in [2.75, 3.05) is 0 Å². The first-order valence-corrected chi connectivity index (χ1v) is 6.71. The van der Waals surface area contributed by atoms with Crippen LogP contribution < -0.4 is 5.56 Å². The fraction of sp³-hybridized carbons (Fsp3) is 0. The van der Waals surface area contributed by atoms with Gasteiger partial charge in [-0.1, -0.05) is 48.5 Å². The van der Waals surface area contributed by atoms with E-state index in [9.17, 15) is 4.79 Å². The number of nitrogens with one attached hydrogen (secondary N) is 1. The molecule has 1 aromatic heterocycles. The molecule has 0 aliphatic carbocycles. The Kier molecular flexibility index (Phi) is 4.97. The molecular weight excluding hydrogens is 308 g/mol. The number of aliphatic imine (C=N–C) groups is 1. The van der Waals surface area contributed by atoms with E-state index in [2.05, 4.69) is 21.8 Å². The minimum absolute atomic E-state index is 0.167. The monoisotopic (exact) mass is 318 g/mol. The summed E-state index contributed by atoms with van der Waals surface area (Å²) < 4.78 is 1.40. The van der Waals surface area contributed by atoms with Crippen molar-refractivity contribution >= 4 is 35.2 Å². The van der Waals surface area contributed by atoms with E-state index in [1.54, 1.807) is 12.1 Å². The lowest BCUT2D eigenvalue weighted by molar-refractivity contribution is 0.866. The highest BCUT2D eigenvalue weighted by Gasteiger charge is 2.07. The number of aromatic nitrogens is 3. The Morgan fingerprint density at radius 1 is 1.43 bits per heavy atom. The molecule has 0 saturated heterocycles. The number of hydrogen-bond acceptors (Lipinski definition) is 4. The average Bonchev–Trinajstić information content (AvgIpc) is 2.51. The lowest BCUT2D eigenvalue weighted by Crippen LogP contribution is -2.21. The maximum absolute atomic E-state index is 12.4. The summed E-state index contributed by atoms with van der Waals surface area (Å²) in [5.74, 6) is 0. The van der Waals surface area contributed by atoms with Crippen molar-refractivity contribution in [1.29, 1.82) is 0 Å². The van der Waals surface area contributed by atoms with E-state index in [1.165, 1.54) is 23.0 Å². The van der Waals surface area contributed by atoms with Gasteiger partial charge in [-0.25, -0.2) is 4.99 Å². The molecule has 2 aromatic rings. The van der Waals surface area contributed by atoms with E-state index in [-0.39, 0.29) is 21.2 Å². The maximum atomic E-state index is 12.4. The first-order chi connectivity index (χ1) is 10.1. The van der Waals surface area contributed by atoms with Gasteiger partial charge in [0.2, 0.25) is 4.77 Å². The molecule has 2 rings (SSSR count). The normalized spacial score (nSPS) is 11.8. The van der Waals surface area contributed by atoms with E-state index in [0.29, 0.717) is 5.56 Å². The smallest absolute Gasteiger partial charge is 0.266 e. The van der Waals surface area contributed by atoms with Crippen LogP contribution >= 0.6 is 23.8 Å². The van der Waals surface area contributed by atoms with E-state index in [4.69, 9.17) is 23.8 Å². The zero-order valence-electron chi connectivity index (χ0n) is 10.9. The average molecular weight is 319 g/mol. The van der Waals surface area contributed by atoms with Crippen LogP contribution in [0, 0.1) is 4.77 Å². The van der Waals surface area contributed by atoms with Gasteiger partial charge in [-0.05, 0) is 18.3 Å². The van der Waals surface area contributed by atoms with Gasteiger partial charge in [0.1, 0.15) is 5.17 Å². The predicted molar refractivity (Wildman–Crippen MR) is 87.9 cm³/mol. The van der Waals surface area contributed by atoms with Crippen molar-refractivity contribution in [2.45, 2.75) is 0 Å². The minimum Gasteiger partial charge on any atom is -0.266 e. The van der Waals surface area contributed by atoms with Gasteiger partial charge in [0.25, 0.3) is 5.56 Å². The van der Waals surface area contributed by atoms with Crippen LogP contribution in [0.2, 0.25) is 0 Å². The van der Waals surface area contributed by atoms with Crippen molar-refractivity contribution in [2.24, 2.45) is 4.99 Å². The Balaban J connectivity index is 2.51. The molecule has 0 aliphatic heterocycles. The van der Waals surface area contributed by atoms with E-state index < -0.39 is 0 Å². The molecule has 0 spiro atoms. The highest BCUT2D eigenvalue weighted by Crippen LogP contribution is 2.10. The lowest BCUT2D eigenvalue weighted by atomic mass is 10.2. The third-order valence-electron chi connectivity index (χ3n) is 2.53. The van der Waals surface area contributed by atoms with Gasteiger partial charge >= 0.3 is 0 Å². The molecule has 21 heavy (non-hydrogen) atoms. The van der Waals surface area contributed by atoms with Gasteiger partial charge < -0.3 is 0 Å². The Labute approximate surface area is 130 Å². The number of hydrogen-bond donors (Lipinski definition) is 1. The van der Waals surface area contributed by atoms with Crippen LogP contribution in [0.5, 0.6) is 0 Å². The number of nitrogens with zero attached hydrogens (tertiary/aromatic N) is 3. The van der Waals surface area contributed by atoms with E-state index in [0.717, 1.165) is 0 Å². The molecular formula is C14H11ClN4OS. The lowest BCUT2D eigenvalue weighted by Gasteiger charge is -2.03. The summed E-state index contributed by atoms with van der Waals surface area (Å²) in [6.45, 7) is 3.47. The van der Waals surface area contributed by atoms with Gasteiger partial charge in [-0.15, -0.1) is 0 Å². The van der Waals surface area contributed by atoms with Crippen molar-refractivity contribution in [3.8, 4) is 11.3 Å². The zero-order chi connectivity index (χ0) is 15.2. The number of H-pyrrole nitrogens is 1. The highest BCUT2D eigenvalue weighted by atomic mass is 35.5. The molecule has 0 fully saturated rings. The molecule has 7 heteroatoms. The Morgan fingerprint density at radius 2 is 2.14 bits per heavy atom. The molecule has 0 saturated carbocycles. The Morgan fingerprint density at radius 3 is 2.81 bits per heavy atom. The van der Waals surface area contributed by atoms with Crippen LogP contribution in [-0.4, -0.2) is 19.9 Å². The van der Waals surface area contributed by atoms with Gasteiger partial charge in [-0.2, -0.15) is 5.10 Å². The molecule has 0 amide bonds. The Bertz CT molecular complexity index is 821. The first kappa shape index (κ1) is 15.1. The second-order valence-electron chi connectivity index (χ2n) is 3.87. The van der Waals surface area contributed by atoms with Crippen LogP contribution in [0.1, 0.15) is 0 Å². The molecule has 0 radical (unpaired) electrons. The van der Waals surface area contributed by atoms with Crippen molar-refractivity contribution in [1.82, 2.24) is 14.8 Å². The largest absolute Gasteiger partial charge is 0.285 e. The summed E-state index contributed by atoms with van der Waals surface area (Å²) in [5, 5.41) is 6.84. The van der Waals surface area contributed by atoms with Gasteiger partial charge in [0.15, 0.2) is 5.69 Å². The summed E-state index contributed by atoms with van der Waals surface area (Å²) in [5.41, 5.74) is 0.627. The van der Waals surface area contributed by atoms with Crippen molar-refractivity contribution in [3.63, 3.8) is 0 Å². The third kappa shape index (κ3) is 3.62. The second kappa shape index (κ2) is 6.92. The molecule has 0 unspecified atom stereocenters. The van der Waals surface area contributed by atoms with Gasteiger partial charge in [-0.3, -0.25) is 14.5 Å². The predicted octanol–water partition coefficient (Wildman–Crippen LogP) is 3.22. The Hall–Kier alpha value is -2.31. The van der Waals surface area contributed by atoms with Crippen molar-refractivity contribution in [3.05, 3.63) is 64.3 Å². The quantitative estimate of drug-likeness (QED) is 0.695. The molecule has 1 aromatic carbocycles. The minimum atomic E-state index is -0.342. The molecule has 5 nitrogen and oxygen atoms in total. The number of rotatable bonds is 4. The summed E-state index contributed by atoms with van der Waals surface area (Å²) in [6.07, 6.45) is 4.17. The standard InChI is InChI=1S/C14H11ClN4OS/c1-2-11(15)16-8-9-19-13(20)12(17-18-14(19)21)10-6-4-3-5-7-10/h2-9H,1H2,(H,18,21)/b9-8+,16-11?.